The van der Waals surface area contributed by atoms with Gasteiger partial charge in [-0.05, 0) is 49.7 Å². The topological polar surface area (TPSA) is 61.8 Å². The largest absolute Gasteiger partial charge is 0.493 e. The van der Waals surface area contributed by atoms with Crippen molar-refractivity contribution in [2.24, 2.45) is 0 Å². The van der Waals surface area contributed by atoms with Crippen LogP contribution in [-0.4, -0.2) is 66.9 Å². The Morgan fingerprint density at radius 1 is 0.938 bits per heavy atom. The Labute approximate surface area is 189 Å². The van der Waals surface area contributed by atoms with E-state index in [1.165, 1.54) is 0 Å². The second kappa shape index (κ2) is 9.85. The van der Waals surface area contributed by atoms with Crippen molar-refractivity contribution >= 4 is 28.3 Å². The zero-order chi connectivity index (χ0) is 22.5. The van der Waals surface area contributed by atoms with Gasteiger partial charge >= 0.3 is 0 Å². The molecular formula is C25H31N5O2. The van der Waals surface area contributed by atoms with Gasteiger partial charge in [-0.1, -0.05) is 30.3 Å². The molecule has 1 aliphatic rings. The number of rotatable bonds is 7. The molecule has 0 spiro atoms. The van der Waals surface area contributed by atoms with Gasteiger partial charge in [0.1, 0.15) is 5.75 Å². The van der Waals surface area contributed by atoms with Crippen molar-refractivity contribution in [3.63, 3.8) is 0 Å². The Hall–Kier alpha value is -3.35. The maximum Gasteiger partial charge on any atom is 0.258 e. The molecule has 32 heavy (non-hydrogen) atoms. The third kappa shape index (κ3) is 4.33. The molecule has 1 aliphatic heterocycles. The summed E-state index contributed by atoms with van der Waals surface area (Å²) in [7, 11) is 0. The predicted molar refractivity (Wildman–Crippen MR) is 129 cm³/mol. The van der Waals surface area contributed by atoms with E-state index in [0.717, 1.165) is 48.6 Å². The molecular weight excluding hydrogens is 402 g/mol. The Bertz CT molecular complexity index is 1060. The fourth-order valence-electron chi connectivity index (χ4n) is 4.25. The number of piperazine rings is 1. The van der Waals surface area contributed by atoms with Gasteiger partial charge in [0.2, 0.25) is 0 Å². The summed E-state index contributed by atoms with van der Waals surface area (Å²) in [6.07, 6.45) is 0. The number of anilines is 2. The Kier molecular flexibility index (Phi) is 6.73. The fraction of sp³-hybridized carbons (Fsp3) is 0.400. The van der Waals surface area contributed by atoms with Gasteiger partial charge in [-0.15, -0.1) is 10.2 Å². The highest BCUT2D eigenvalue weighted by Gasteiger charge is 2.26. The zero-order valence-electron chi connectivity index (χ0n) is 19.1. The quantitative estimate of drug-likeness (QED) is 0.564. The Morgan fingerprint density at radius 2 is 1.69 bits per heavy atom. The van der Waals surface area contributed by atoms with E-state index < -0.39 is 0 Å². The molecule has 4 rings (SSSR count). The third-order valence-corrected chi connectivity index (χ3v) is 6.02. The van der Waals surface area contributed by atoms with Crippen molar-refractivity contribution in [2.45, 2.75) is 20.8 Å². The first-order chi connectivity index (χ1) is 15.7. The average Bonchev–Trinajstić information content (AvgIpc) is 2.85. The molecule has 0 unspecified atom stereocenters. The second-order valence-electron chi connectivity index (χ2n) is 7.79. The molecule has 1 saturated heterocycles. The molecule has 7 nitrogen and oxygen atoms in total. The van der Waals surface area contributed by atoms with Crippen LogP contribution in [0.15, 0.2) is 48.5 Å². The molecule has 0 saturated carbocycles. The second-order valence-corrected chi connectivity index (χ2v) is 7.79. The first kappa shape index (κ1) is 21.9. The number of fused-ring (bicyclic) bond motifs is 1. The van der Waals surface area contributed by atoms with Crippen LogP contribution < -0.4 is 14.5 Å². The maximum atomic E-state index is 13.5. The first-order valence-corrected chi connectivity index (χ1v) is 11.4. The number of hydrogen-bond donors (Lipinski definition) is 0. The highest BCUT2D eigenvalue weighted by atomic mass is 16.5. The summed E-state index contributed by atoms with van der Waals surface area (Å²) in [5.41, 5.74) is 0.654. The molecule has 0 radical (unpaired) electrons. The van der Waals surface area contributed by atoms with Gasteiger partial charge in [0, 0.05) is 39.3 Å². The lowest BCUT2D eigenvalue weighted by Gasteiger charge is -2.35. The van der Waals surface area contributed by atoms with Crippen molar-refractivity contribution in [3.05, 3.63) is 54.1 Å². The molecule has 1 fully saturated rings. The predicted octanol–water partition coefficient (Wildman–Crippen LogP) is 3.84. The van der Waals surface area contributed by atoms with Crippen molar-refractivity contribution < 1.29 is 9.53 Å². The summed E-state index contributed by atoms with van der Waals surface area (Å²) >= 11 is 0. The van der Waals surface area contributed by atoms with Crippen LogP contribution in [0.1, 0.15) is 31.1 Å². The van der Waals surface area contributed by atoms with Crippen LogP contribution >= 0.6 is 0 Å². The van der Waals surface area contributed by atoms with E-state index in [1.54, 1.807) is 0 Å². The molecule has 168 valence electrons. The van der Waals surface area contributed by atoms with Crippen molar-refractivity contribution in [1.82, 2.24) is 15.1 Å². The molecule has 2 aromatic carbocycles. The standard InChI is InChI=1S/C25H31N5O2/c1-4-28(5-2)22-13-14-23(27-26-22)29-15-17-30(18-16-29)25(31)24-20-10-8-7-9-19(20)11-12-21(24)32-6-3/h7-14H,4-6,15-18H2,1-3H3. The summed E-state index contributed by atoms with van der Waals surface area (Å²) < 4.78 is 5.82. The van der Waals surface area contributed by atoms with Crippen LogP contribution in [-0.2, 0) is 0 Å². The van der Waals surface area contributed by atoms with Gasteiger partial charge in [0.05, 0.1) is 12.2 Å². The van der Waals surface area contributed by atoms with Crippen LogP contribution in [0.5, 0.6) is 5.75 Å². The highest BCUT2D eigenvalue weighted by Crippen LogP contribution is 2.30. The van der Waals surface area contributed by atoms with Crippen LogP contribution in [0.3, 0.4) is 0 Å². The molecule has 3 aromatic rings. The highest BCUT2D eigenvalue weighted by molar-refractivity contribution is 6.09. The smallest absolute Gasteiger partial charge is 0.258 e. The molecule has 0 bridgehead atoms. The number of amides is 1. The summed E-state index contributed by atoms with van der Waals surface area (Å²) in [5, 5.41) is 10.8. The SMILES string of the molecule is CCOc1ccc2ccccc2c1C(=O)N1CCN(c2ccc(N(CC)CC)nn2)CC1. The maximum absolute atomic E-state index is 13.5. The fourth-order valence-corrected chi connectivity index (χ4v) is 4.25. The van der Waals surface area contributed by atoms with E-state index in [-0.39, 0.29) is 5.91 Å². The van der Waals surface area contributed by atoms with Gasteiger partial charge in [0.15, 0.2) is 11.6 Å². The number of aromatic nitrogens is 2. The molecule has 0 aliphatic carbocycles. The summed E-state index contributed by atoms with van der Waals surface area (Å²) in [6, 6.07) is 15.9. The minimum Gasteiger partial charge on any atom is -0.493 e. The van der Waals surface area contributed by atoms with E-state index in [0.29, 0.717) is 31.0 Å². The summed E-state index contributed by atoms with van der Waals surface area (Å²) in [5.74, 6) is 2.42. The molecule has 7 heteroatoms. The van der Waals surface area contributed by atoms with Gasteiger partial charge < -0.3 is 19.4 Å². The molecule has 0 N–H and O–H groups in total. The van der Waals surface area contributed by atoms with E-state index in [2.05, 4.69) is 33.8 Å². The van der Waals surface area contributed by atoms with Crippen molar-refractivity contribution in [3.8, 4) is 5.75 Å². The molecule has 0 atom stereocenters. The normalized spacial score (nSPS) is 14.0. The lowest BCUT2D eigenvalue weighted by Crippen LogP contribution is -2.49. The van der Waals surface area contributed by atoms with E-state index in [9.17, 15) is 4.79 Å². The van der Waals surface area contributed by atoms with Crippen LogP contribution in [0.4, 0.5) is 11.6 Å². The van der Waals surface area contributed by atoms with Gasteiger partial charge in [0.25, 0.3) is 5.91 Å². The molecule has 2 heterocycles. The number of benzene rings is 2. The van der Waals surface area contributed by atoms with E-state index in [4.69, 9.17) is 4.74 Å². The summed E-state index contributed by atoms with van der Waals surface area (Å²) in [4.78, 5) is 19.8. The first-order valence-electron chi connectivity index (χ1n) is 11.4. The van der Waals surface area contributed by atoms with Crippen molar-refractivity contribution in [1.29, 1.82) is 0 Å². The monoisotopic (exact) mass is 433 g/mol. The average molecular weight is 434 g/mol. The van der Waals surface area contributed by atoms with E-state index >= 15 is 0 Å². The minimum atomic E-state index is 0.0212. The summed E-state index contributed by atoms with van der Waals surface area (Å²) in [6.45, 7) is 11.2. The number of carbonyl (C=O) groups is 1. The number of nitrogens with zero attached hydrogens (tertiary/aromatic N) is 5. The van der Waals surface area contributed by atoms with Crippen LogP contribution in [0.2, 0.25) is 0 Å². The van der Waals surface area contributed by atoms with Gasteiger partial charge in [-0.2, -0.15) is 0 Å². The lowest BCUT2D eigenvalue weighted by molar-refractivity contribution is 0.0744. The van der Waals surface area contributed by atoms with Crippen molar-refractivity contribution in [2.75, 3.05) is 55.7 Å². The third-order valence-electron chi connectivity index (χ3n) is 6.02. The molecule has 1 aromatic heterocycles. The number of carbonyl (C=O) groups excluding carboxylic acids is 1. The van der Waals surface area contributed by atoms with Gasteiger partial charge in [-0.3, -0.25) is 4.79 Å². The lowest BCUT2D eigenvalue weighted by atomic mass is 10.0. The van der Waals surface area contributed by atoms with E-state index in [1.807, 2.05) is 60.4 Å². The number of ether oxygens (including phenoxy) is 1. The Balaban J connectivity index is 1.49. The number of hydrogen-bond acceptors (Lipinski definition) is 6. The minimum absolute atomic E-state index is 0.0212. The molecule has 1 amide bonds. The van der Waals surface area contributed by atoms with Crippen LogP contribution in [0.25, 0.3) is 10.8 Å². The zero-order valence-corrected chi connectivity index (χ0v) is 19.1. The Morgan fingerprint density at radius 3 is 2.34 bits per heavy atom. The van der Waals surface area contributed by atoms with Crippen LogP contribution in [0, 0.1) is 0 Å². The van der Waals surface area contributed by atoms with Gasteiger partial charge in [-0.25, -0.2) is 0 Å².